The van der Waals surface area contributed by atoms with Crippen LogP contribution in [0.3, 0.4) is 0 Å². The zero-order valence-corrected chi connectivity index (χ0v) is 13.1. The Morgan fingerprint density at radius 1 is 0.840 bits per heavy atom. The molecule has 0 N–H and O–H groups in total. The van der Waals surface area contributed by atoms with Crippen LogP contribution in [0.25, 0.3) is 33.1 Å². The van der Waals surface area contributed by atoms with Gasteiger partial charge in [-0.1, -0.05) is 30.3 Å². The van der Waals surface area contributed by atoms with Gasteiger partial charge in [0, 0.05) is 11.5 Å². The average Bonchev–Trinajstić information content (AvgIpc) is 2.97. The van der Waals surface area contributed by atoms with Crippen molar-refractivity contribution in [3.05, 3.63) is 89.0 Å². The molecule has 0 saturated carbocycles. The number of para-hydroxylation sites is 2. The van der Waals surface area contributed by atoms with Crippen LogP contribution in [0.4, 0.5) is 4.39 Å². The molecule has 2 heterocycles. The second-order valence-corrected chi connectivity index (χ2v) is 5.88. The number of nitrogens with zero attached hydrogens (tertiary/aromatic N) is 3. The fourth-order valence-corrected chi connectivity index (χ4v) is 3.29. The van der Waals surface area contributed by atoms with Crippen LogP contribution in [0.2, 0.25) is 0 Å². The molecule has 0 atom stereocenters. The summed E-state index contributed by atoms with van der Waals surface area (Å²) in [6, 6.07) is 21.4. The summed E-state index contributed by atoms with van der Waals surface area (Å²) in [6.07, 6.45) is 0. The lowest BCUT2D eigenvalue weighted by atomic mass is 10.2. The van der Waals surface area contributed by atoms with Gasteiger partial charge in [0.05, 0.1) is 22.1 Å². The molecule has 5 rings (SSSR count). The van der Waals surface area contributed by atoms with Gasteiger partial charge in [-0.2, -0.15) is 4.52 Å². The van der Waals surface area contributed by atoms with Crippen molar-refractivity contribution < 1.29 is 4.39 Å². The van der Waals surface area contributed by atoms with E-state index >= 15 is 0 Å². The molecule has 4 nitrogen and oxygen atoms in total. The molecule has 0 saturated heterocycles. The number of rotatable bonds is 1. The Hall–Kier alpha value is -3.47. The summed E-state index contributed by atoms with van der Waals surface area (Å²) in [6.45, 7) is 0. The first kappa shape index (κ1) is 13.9. The number of hydrogen-bond acceptors (Lipinski definition) is 2. The van der Waals surface area contributed by atoms with Gasteiger partial charge in [-0.05, 0) is 36.4 Å². The van der Waals surface area contributed by atoms with E-state index < -0.39 is 5.82 Å². The predicted molar refractivity (Wildman–Crippen MR) is 95.8 cm³/mol. The third-order valence-electron chi connectivity index (χ3n) is 4.38. The molecule has 0 unspecified atom stereocenters. The Morgan fingerprint density at radius 3 is 2.44 bits per heavy atom. The maximum absolute atomic E-state index is 13.6. The van der Waals surface area contributed by atoms with Crippen molar-refractivity contribution in [2.24, 2.45) is 0 Å². The normalized spacial score (nSPS) is 11.6. The molecule has 25 heavy (non-hydrogen) atoms. The zero-order chi connectivity index (χ0) is 17.0. The van der Waals surface area contributed by atoms with Crippen molar-refractivity contribution in [2.45, 2.75) is 0 Å². The van der Waals surface area contributed by atoms with E-state index in [1.807, 2.05) is 59.3 Å². The van der Waals surface area contributed by atoms with Gasteiger partial charge in [-0.15, -0.1) is 0 Å². The van der Waals surface area contributed by atoms with Gasteiger partial charge in [0.1, 0.15) is 5.82 Å². The van der Waals surface area contributed by atoms with Crippen LogP contribution in [0.5, 0.6) is 0 Å². The Balaban J connectivity index is 2.08. The standard InChI is InChI=1S/C20H12FN3O/c21-13-10-11-15-17(12-13)22-19-16-8-4-5-9-18(16)23(24(19)20(15)25)14-6-2-1-3-7-14/h1-12H. The van der Waals surface area contributed by atoms with Gasteiger partial charge in [-0.3, -0.25) is 4.79 Å². The molecule has 0 aliphatic carbocycles. The molecule has 0 aliphatic rings. The summed E-state index contributed by atoms with van der Waals surface area (Å²) in [5.41, 5.74) is 2.39. The molecule has 3 aromatic carbocycles. The Labute approximate surface area is 141 Å². The molecule has 0 fully saturated rings. The Kier molecular flexibility index (Phi) is 2.79. The van der Waals surface area contributed by atoms with Crippen LogP contribution in [-0.4, -0.2) is 14.2 Å². The molecular weight excluding hydrogens is 317 g/mol. The summed E-state index contributed by atoms with van der Waals surface area (Å²) in [5, 5.41) is 1.23. The van der Waals surface area contributed by atoms with E-state index in [4.69, 9.17) is 0 Å². The van der Waals surface area contributed by atoms with Crippen molar-refractivity contribution in [3.63, 3.8) is 0 Å². The van der Waals surface area contributed by atoms with Crippen molar-refractivity contribution in [3.8, 4) is 5.69 Å². The van der Waals surface area contributed by atoms with Crippen molar-refractivity contribution in [1.29, 1.82) is 0 Å². The molecule has 2 aromatic heterocycles. The first-order valence-electron chi connectivity index (χ1n) is 7.91. The minimum Gasteiger partial charge on any atom is -0.267 e. The third-order valence-corrected chi connectivity index (χ3v) is 4.38. The zero-order valence-electron chi connectivity index (χ0n) is 13.1. The molecule has 5 aromatic rings. The molecule has 0 bridgehead atoms. The van der Waals surface area contributed by atoms with Crippen molar-refractivity contribution in [1.82, 2.24) is 14.2 Å². The van der Waals surface area contributed by atoms with Crippen LogP contribution in [0.1, 0.15) is 0 Å². The molecule has 0 radical (unpaired) electrons. The molecule has 5 heteroatoms. The van der Waals surface area contributed by atoms with Crippen LogP contribution < -0.4 is 5.56 Å². The summed E-state index contributed by atoms with van der Waals surface area (Å²) < 4.78 is 17.0. The highest BCUT2D eigenvalue weighted by atomic mass is 19.1. The summed E-state index contributed by atoms with van der Waals surface area (Å²) in [4.78, 5) is 17.7. The monoisotopic (exact) mass is 329 g/mol. The number of hydrogen-bond donors (Lipinski definition) is 0. The average molecular weight is 329 g/mol. The molecule has 0 amide bonds. The van der Waals surface area contributed by atoms with Crippen LogP contribution in [-0.2, 0) is 0 Å². The maximum Gasteiger partial charge on any atom is 0.281 e. The Morgan fingerprint density at radius 2 is 1.60 bits per heavy atom. The highest BCUT2D eigenvalue weighted by Gasteiger charge is 2.16. The largest absolute Gasteiger partial charge is 0.281 e. The number of aromatic nitrogens is 3. The van der Waals surface area contributed by atoms with Gasteiger partial charge in [0.15, 0.2) is 5.65 Å². The third kappa shape index (κ3) is 1.92. The number of benzene rings is 3. The molecule has 0 spiro atoms. The smallest absolute Gasteiger partial charge is 0.267 e. The van der Waals surface area contributed by atoms with Gasteiger partial charge < -0.3 is 0 Å². The number of halogens is 1. The fraction of sp³-hybridized carbons (Fsp3) is 0. The summed E-state index contributed by atoms with van der Waals surface area (Å²) >= 11 is 0. The van der Waals surface area contributed by atoms with E-state index in [0.29, 0.717) is 16.6 Å². The van der Waals surface area contributed by atoms with Crippen LogP contribution in [0.15, 0.2) is 77.6 Å². The van der Waals surface area contributed by atoms with E-state index in [1.54, 1.807) is 4.52 Å². The van der Waals surface area contributed by atoms with E-state index in [1.165, 1.54) is 18.2 Å². The van der Waals surface area contributed by atoms with Gasteiger partial charge in [-0.25, -0.2) is 14.1 Å². The minimum absolute atomic E-state index is 0.222. The van der Waals surface area contributed by atoms with E-state index in [2.05, 4.69) is 4.98 Å². The van der Waals surface area contributed by atoms with E-state index in [9.17, 15) is 9.18 Å². The number of fused-ring (bicyclic) bond motifs is 4. The van der Waals surface area contributed by atoms with E-state index in [0.717, 1.165) is 16.6 Å². The fourth-order valence-electron chi connectivity index (χ4n) is 3.29. The van der Waals surface area contributed by atoms with E-state index in [-0.39, 0.29) is 5.56 Å². The minimum atomic E-state index is -0.407. The quantitative estimate of drug-likeness (QED) is 0.467. The highest BCUT2D eigenvalue weighted by Crippen LogP contribution is 2.25. The van der Waals surface area contributed by atoms with Gasteiger partial charge in [0.25, 0.3) is 5.56 Å². The molecular formula is C20H12FN3O. The SMILES string of the molecule is O=c1c2ccc(F)cc2nc2c3ccccc3n(-c3ccccc3)n12. The second kappa shape index (κ2) is 5.01. The van der Waals surface area contributed by atoms with Crippen molar-refractivity contribution in [2.75, 3.05) is 0 Å². The predicted octanol–water partition coefficient (Wildman–Crippen LogP) is 3.93. The van der Waals surface area contributed by atoms with Crippen LogP contribution in [0, 0.1) is 5.82 Å². The highest BCUT2D eigenvalue weighted by molar-refractivity contribution is 5.96. The van der Waals surface area contributed by atoms with Gasteiger partial charge in [0.2, 0.25) is 0 Å². The molecule has 0 aliphatic heterocycles. The first-order valence-corrected chi connectivity index (χ1v) is 7.91. The van der Waals surface area contributed by atoms with Gasteiger partial charge >= 0.3 is 0 Å². The van der Waals surface area contributed by atoms with Crippen molar-refractivity contribution >= 4 is 27.5 Å². The maximum atomic E-state index is 13.6. The summed E-state index contributed by atoms with van der Waals surface area (Å²) in [5.74, 6) is -0.407. The second-order valence-electron chi connectivity index (χ2n) is 5.88. The van der Waals surface area contributed by atoms with Crippen LogP contribution >= 0.6 is 0 Å². The molecule has 120 valence electrons. The lowest BCUT2D eigenvalue weighted by Crippen LogP contribution is -2.20. The lowest BCUT2D eigenvalue weighted by molar-refractivity contribution is 0.629. The Bertz CT molecular complexity index is 1320. The lowest BCUT2D eigenvalue weighted by Gasteiger charge is -2.08. The topological polar surface area (TPSA) is 39.3 Å². The first-order chi connectivity index (χ1) is 12.2. The summed E-state index contributed by atoms with van der Waals surface area (Å²) in [7, 11) is 0.